The molecule has 0 spiro atoms. The molecule has 3 aliphatic rings. The highest BCUT2D eigenvalue weighted by Crippen LogP contribution is 2.77. The molecule has 29 heavy (non-hydrogen) atoms. The maximum Gasteiger partial charge on any atom is 0.311 e. The lowest BCUT2D eigenvalue weighted by Gasteiger charge is -2.46. The molecule has 0 aromatic carbocycles. The van der Waals surface area contributed by atoms with Crippen molar-refractivity contribution in [3.05, 3.63) is 0 Å². The first-order chi connectivity index (χ1) is 13.5. The molecule has 3 aliphatic carbocycles. The monoisotopic (exact) mass is 406 g/mol. The predicted octanol–water partition coefficient (Wildman–Crippen LogP) is 5.95. The first kappa shape index (κ1) is 22.6. The summed E-state index contributed by atoms with van der Waals surface area (Å²) >= 11 is 0. The van der Waals surface area contributed by atoms with Crippen molar-refractivity contribution in [2.24, 2.45) is 58.2 Å². The SMILES string of the molecule is CC(C)[C@H]1CC[C@@H](C)C[C@H]1[C@]1(C(=O)O)C[C@]1(C(=O)O)[C@H]1C[C@H](C)CC[C@@H]1C(C)C. The molecule has 2 N–H and O–H groups in total. The van der Waals surface area contributed by atoms with Gasteiger partial charge in [0.15, 0.2) is 0 Å². The number of carboxylic acids is 2. The van der Waals surface area contributed by atoms with Gasteiger partial charge in [0, 0.05) is 0 Å². The highest BCUT2D eigenvalue weighted by atomic mass is 16.4. The van der Waals surface area contributed by atoms with Gasteiger partial charge in [-0.2, -0.15) is 0 Å². The standard InChI is InChI=1S/C25H42O4/c1-14(2)18-9-7-16(5)11-20(18)24(22(26)27)13-25(24,23(28)29)21-12-17(6)8-10-19(21)15(3)4/h14-21H,7-13H2,1-6H3,(H,26,27)(H,28,29)/t16-,17-,18-,19-,20-,21+,24+,25-/m1/s1. The van der Waals surface area contributed by atoms with Crippen LogP contribution in [0.1, 0.15) is 86.5 Å². The third kappa shape index (κ3) is 3.43. The lowest BCUT2D eigenvalue weighted by Crippen LogP contribution is -2.48. The summed E-state index contributed by atoms with van der Waals surface area (Å²) in [5.74, 6) is 0.618. The van der Waals surface area contributed by atoms with E-state index in [1.54, 1.807) is 0 Å². The zero-order valence-electron chi connectivity index (χ0n) is 19.3. The van der Waals surface area contributed by atoms with Crippen LogP contribution in [0.5, 0.6) is 0 Å². The minimum atomic E-state index is -1.09. The van der Waals surface area contributed by atoms with Gasteiger partial charge in [-0.05, 0) is 79.4 Å². The van der Waals surface area contributed by atoms with Crippen molar-refractivity contribution < 1.29 is 19.8 Å². The smallest absolute Gasteiger partial charge is 0.311 e. The molecule has 0 unspecified atom stereocenters. The number of rotatable bonds is 6. The van der Waals surface area contributed by atoms with Crippen molar-refractivity contribution in [2.75, 3.05) is 0 Å². The molecule has 0 bridgehead atoms. The predicted molar refractivity (Wildman–Crippen MR) is 114 cm³/mol. The third-order valence-electron chi connectivity index (χ3n) is 9.30. The van der Waals surface area contributed by atoms with Gasteiger partial charge in [-0.3, -0.25) is 9.59 Å². The Labute approximate surface area is 176 Å². The molecule has 3 rings (SSSR count). The van der Waals surface area contributed by atoms with Crippen LogP contribution in [0, 0.1) is 58.2 Å². The number of carboxylic acid groups (broad SMARTS) is 2. The molecule has 0 heterocycles. The first-order valence-corrected chi connectivity index (χ1v) is 12.0. The van der Waals surface area contributed by atoms with E-state index in [1.807, 2.05) is 0 Å². The van der Waals surface area contributed by atoms with Crippen LogP contribution in [0.4, 0.5) is 0 Å². The van der Waals surface area contributed by atoms with Gasteiger partial charge >= 0.3 is 11.9 Å². The Balaban J connectivity index is 2.09. The van der Waals surface area contributed by atoms with Crippen molar-refractivity contribution in [2.45, 2.75) is 86.5 Å². The summed E-state index contributed by atoms with van der Waals surface area (Å²) in [6.07, 6.45) is 6.38. The van der Waals surface area contributed by atoms with Crippen LogP contribution in [0.3, 0.4) is 0 Å². The Kier molecular flexibility index (Phi) is 6.15. The summed E-state index contributed by atoms with van der Waals surface area (Å²) in [4.78, 5) is 25.8. The number of carbonyl (C=O) groups is 2. The van der Waals surface area contributed by atoms with E-state index >= 15 is 0 Å². The Bertz CT molecular complexity index is 587. The summed E-state index contributed by atoms with van der Waals surface area (Å²) in [5.41, 5.74) is -2.17. The molecular weight excluding hydrogens is 364 g/mol. The molecule has 4 nitrogen and oxygen atoms in total. The first-order valence-electron chi connectivity index (χ1n) is 12.0. The van der Waals surface area contributed by atoms with E-state index in [0.717, 1.165) is 38.5 Å². The van der Waals surface area contributed by atoms with Gasteiger partial charge in [-0.15, -0.1) is 0 Å². The van der Waals surface area contributed by atoms with Crippen molar-refractivity contribution in [3.8, 4) is 0 Å². The quantitative estimate of drug-likeness (QED) is 0.571. The molecule has 0 aliphatic heterocycles. The Morgan fingerprint density at radius 3 is 1.34 bits per heavy atom. The molecule has 0 radical (unpaired) electrons. The molecule has 0 amide bonds. The fraction of sp³-hybridized carbons (Fsp3) is 0.920. The topological polar surface area (TPSA) is 74.6 Å². The van der Waals surface area contributed by atoms with Crippen LogP contribution in [0.25, 0.3) is 0 Å². The second kappa shape index (κ2) is 7.89. The zero-order chi connectivity index (χ0) is 21.7. The Morgan fingerprint density at radius 1 is 0.724 bits per heavy atom. The third-order valence-corrected chi connectivity index (χ3v) is 9.30. The minimum Gasteiger partial charge on any atom is -0.481 e. The van der Waals surface area contributed by atoms with Gasteiger partial charge in [-0.25, -0.2) is 0 Å². The van der Waals surface area contributed by atoms with Crippen molar-refractivity contribution >= 4 is 11.9 Å². The Hall–Kier alpha value is -1.06. The largest absolute Gasteiger partial charge is 0.481 e. The van der Waals surface area contributed by atoms with E-state index in [0.29, 0.717) is 41.9 Å². The second-order valence-electron chi connectivity index (χ2n) is 11.6. The normalized spacial score (nSPS) is 45.4. The maximum atomic E-state index is 12.9. The molecule has 8 atom stereocenters. The van der Waals surface area contributed by atoms with E-state index in [1.165, 1.54) is 0 Å². The zero-order valence-corrected chi connectivity index (χ0v) is 19.3. The van der Waals surface area contributed by atoms with E-state index in [9.17, 15) is 19.8 Å². The molecule has 0 aromatic heterocycles. The van der Waals surface area contributed by atoms with E-state index in [-0.39, 0.29) is 11.8 Å². The molecule has 0 aromatic rings. The second-order valence-corrected chi connectivity index (χ2v) is 11.6. The Morgan fingerprint density at radius 2 is 1.07 bits per heavy atom. The van der Waals surface area contributed by atoms with Crippen molar-refractivity contribution in [3.63, 3.8) is 0 Å². The van der Waals surface area contributed by atoms with Gasteiger partial charge in [0.1, 0.15) is 0 Å². The number of hydrogen-bond acceptors (Lipinski definition) is 2. The average molecular weight is 407 g/mol. The summed E-state index contributed by atoms with van der Waals surface area (Å²) in [6, 6.07) is 0. The maximum absolute atomic E-state index is 12.9. The van der Waals surface area contributed by atoms with E-state index < -0.39 is 22.8 Å². The van der Waals surface area contributed by atoms with Gasteiger partial charge in [0.05, 0.1) is 10.8 Å². The highest BCUT2D eigenvalue weighted by molar-refractivity contribution is 5.94. The summed E-state index contributed by atoms with van der Waals surface area (Å²) in [7, 11) is 0. The fourth-order valence-electron chi connectivity index (χ4n) is 7.71. The van der Waals surface area contributed by atoms with Crippen LogP contribution in [-0.2, 0) is 9.59 Å². The number of aliphatic carboxylic acids is 2. The number of hydrogen-bond donors (Lipinski definition) is 2. The fourth-order valence-corrected chi connectivity index (χ4v) is 7.71. The van der Waals surface area contributed by atoms with Crippen LogP contribution < -0.4 is 0 Å². The van der Waals surface area contributed by atoms with Crippen LogP contribution >= 0.6 is 0 Å². The molecule has 0 saturated heterocycles. The molecular formula is C25H42O4. The van der Waals surface area contributed by atoms with Gasteiger partial charge < -0.3 is 10.2 Å². The highest BCUT2D eigenvalue weighted by Gasteiger charge is 2.83. The van der Waals surface area contributed by atoms with Crippen molar-refractivity contribution in [1.29, 1.82) is 0 Å². The average Bonchev–Trinajstić information content (AvgIpc) is 3.34. The lowest BCUT2D eigenvalue weighted by molar-refractivity contribution is -0.164. The van der Waals surface area contributed by atoms with Crippen LogP contribution in [0.15, 0.2) is 0 Å². The van der Waals surface area contributed by atoms with Crippen LogP contribution in [0.2, 0.25) is 0 Å². The molecule has 166 valence electrons. The molecule has 3 saturated carbocycles. The van der Waals surface area contributed by atoms with Crippen LogP contribution in [-0.4, -0.2) is 22.2 Å². The van der Waals surface area contributed by atoms with Gasteiger partial charge in [0.2, 0.25) is 0 Å². The molecule has 4 heteroatoms. The summed E-state index contributed by atoms with van der Waals surface area (Å²) < 4.78 is 0. The summed E-state index contributed by atoms with van der Waals surface area (Å²) in [6.45, 7) is 13.2. The van der Waals surface area contributed by atoms with Gasteiger partial charge in [0.25, 0.3) is 0 Å². The minimum absolute atomic E-state index is 0.0232. The van der Waals surface area contributed by atoms with Crippen molar-refractivity contribution in [1.82, 2.24) is 0 Å². The molecule has 3 fully saturated rings. The van der Waals surface area contributed by atoms with E-state index in [2.05, 4.69) is 41.5 Å². The van der Waals surface area contributed by atoms with Gasteiger partial charge in [-0.1, -0.05) is 54.4 Å². The summed E-state index contributed by atoms with van der Waals surface area (Å²) in [5, 5.41) is 21.2. The van der Waals surface area contributed by atoms with E-state index in [4.69, 9.17) is 0 Å². The lowest BCUT2D eigenvalue weighted by atomic mass is 9.57.